The molecule has 176 valence electrons. The molecule has 6 heteroatoms. The first kappa shape index (κ1) is 33.0. The minimum absolute atomic E-state index is 0. The molecule has 0 amide bonds. The van der Waals surface area contributed by atoms with E-state index < -0.39 is 15.4 Å². The van der Waals surface area contributed by atoms with Gasteiger partial charge in [0.1, 0.15) is 0 Å². The average Bonchev–Trinajstić information content (AvgIpc) is 2.67. The van der Waals surface area contributed by atoms with Crippen molar-refractivity contribution in [1.29, 1.82) is 0 Å². The van der Waals surface area contributed by atoms with E-state index in [0.717, 1.165) is 83.5 Å². The second kappa shape index (κ2) is 23.0. The van der Waals surface area contributed by atoms with Gasteiger partial charge in [0.2, 0.25) is 0 Å². The molecule has 0 saturated heterocycles. The Morgan fingerprint density at radius 3 is 1.27 bits per heavy atom. The van der Waals surface area contributed by atoms with Crippen LogP contribution in [0.25, 0.3) is 0 Å². The molecule has 0 saturated carbocycles. The van der Waals surface area contributed by atoms with E-state index in [1.807, 2.05) is 0 Å². The molecule has 0 radical (unpaired) electrons. The van der Waals surface area contributed by atoms with Crippen molar-refractivity contribution in [2.45, 2.75) is 154 Å². The smallest absolute Gasteiger partial charge is 0.748 e. The zero-order valence-corrected chi connectivity index (χ0v) is 23.2. The fraction of sp³-hybridized carbons (Fsp3) is 1.00. The van der Waals surface area contributed by atoms with Gasteiger partial charge in [-0.3, -0.25) is 0 Å². The fourth-order valence-electron chi connectivity index (χ4n) is 4.00. The Morgan fingerprint density at radius 2 is 0.900 bits per heavy atom. The SMILES string of the molecule is CCCCCCCCC(O)CCCCCCCCC(CCCCCC)S(=O)(=O)[O-].[Na+]. The van der Waals surface area contributed by atoms with Crippen molar-refractivity contribution in [3.05, 3.63) is 0 Å². The summed E-state index contributed by atoms with van der Waals surface area (Å²) in [5, 5.41) is 9.36. The van der Waals surface area contributed by atoms with Crippen LogP contribution < -0.4 is 29.6 Å². The molecule has 0 spiro atoms. The molecule has 0 bridgehead atoms. The molecule has 0 fully saturated rings. The zero-order valence-electron chi connectivity index (χ0n) is 20.4. The van der Waals surface area contributed by atoms with Crippen LogP contribution >= 0.6 is 0 Å². The Morgan fingerprint density at radius 1 is 0.600 bits per heavy atom. The van der Waals surface area contributed by atoms with E-state index in [1.165, 1.54) is 32.1 Å². The van der Waals surface area contributed by atoms with Gasteiger partial charge < -0.3 is 9.66 Å². The fourth-order valence-corrected chi connectivity index (χ4v) is 4.91. The van der Waals surface area contributed by atoms with Gasteiger partial charge in [-0.25, -0.2) is 8.42 Å². The first-order valence-corrected chi connectivity index (χ1v) is 14.0. The van der Waals surface area contributed by atoms with E-state index in [-0.39, 0.29) is 35.7 Å². The van der Waals surface area contributed by atoms with Crippen LogP contribution in [0.1, 0.15) is 142 Å². The van der Waals surface area contributed by atoms with Gasteiger partial charge in [0.25, 0.3) is 0 Å². The van der Waals surface area contributed by atoms with Gasteiger partial charge in [0.15, 0.2) is 0 Å². The summed E-state index contributed by atoms with van der Waals surface area (Å²) >= 11 is 0. The summed E-state index contributed by atoms with van der Waals surface area (Å²) in [5.41, 5.74) is 0. The maximum Gasteiger partial charge on any atom is 1.00 e. The predicted octanol–water partition coefficient (Wildman–Crippen LogP) is 4.11. The van der Waals surface area contributed by atoms with E-state index >= 15 is 0 Å². The third-order valence-corrected chi connectivity index (χ3v) is 7.28. The van der Waals surface area contributed by atoms with E-state index in [1.54, 1.807) is 0 Å². The van der Waals surface area contributed by atoms with Gasteiger partial charge in [0.05, 0.1) is 16.2 Å². The molecule has 2 unspecified atom stereocenters. The first-order valence-electron chi connectivity index (χ1n) is 12.5. The van der Waals surface area contributed by atoms with Gasteiger partial charge in [-0.05, 0) is 25.7 Å². The summed E-state index contributed by atoms with van der Waals surface area (Å²) in [4.78, 5) is 0. The summed E-state index contributed by atoms with van der Waals surface area (Å²) in [6.07, 6.45) is 20.7. The molecule has 0 aromatic rings. The molecule has 0 aliphatic carbocycles. The van der Waals surface area contributed by atoms with Crippen LogP contribution in [0.4, 0.5) is 0 Å². The van der Waals surface area contributed by atoms with Crippen molar-refractivity contribution in [3.8, 4) is 0 Å². The molecule has 0 aromatic heterocycles. The maximum atomic E-state index is 11.4. The Kier molecular flexibility index (Phi) is 25.4. The van der Waals surface area contributed by atoms with Crippen LogP contribution in [0.15, 0.2) is 0 Å². The number of hydrogen-bond donors (Lipinski definition) is 1. The average molecular weight is 457 g/mol. The third kappa shape index (κ3) is 22.1. The van der Waals surface area contributed by atoms with Crippen molar-refractivity contribution in [3.63, 3.8) is 0 Å². The van der Waals surface area contributed by atoms with Crippen LogP contribution in [0.2, 0.25) is 0 Å². The third-order valence-electron chi connectivity index (χ3n) is 5.99. The van der Waals surface area contributed by atoms with Crippen LogP contribution in [0, 0.1) is 0 Å². The van der Waals surface area contributed by atoms with Crippen molar-refractivity contribution >= 4 is 10.1 Å². The number of aliphatic hydroxyl groups is 1. The second-order valence-electron chi connectivity index (χ2n) is 8.87. The molecule has 30 heavy (non-hydrogen) atoms. The van der Waals surface area contributed by atoms with Gasteiger partial charge in [-0.1, -0.05) is 117 Å². The van der Waals surface area contributed by atoms with Crippen LogP contribution in [0.3, 0.4) is 0 Å². The maximum absolute atomic E-state index is 11.4. The topological polar surface area (TPSA) is 77.4 Å². The second-order valence-corrected chi connectivity index (χ2v) is 10.5. The number of rotatable bonds is 22. The standard InChI is InChI=1S/C24H50O4S.Na/c1-3-5-7-9-12-15-19-23(25)20-16-13-10-11-14-18-22-24(29(26,27)28)21-17-8-6-4-2;/h23-25H,3-22H2,1-2H3,(H,26,27,28);/q;+1/p-1. The molecule has 0 rings (SSSR count). The molecule has 0 heterocycles. The quantitative estimate of drug-likeness (QED) is 0.151. The number of unbranched alkanes of at least 4 members (excludes halogenated alkanes) is 13. The Balaban J connectivity index is 0. The Bertz CT molecular complexity index is 442. The van der Waals surface area contributed by atoms with Gasteiger partial charge in [0, 0.05) is 5.25 Å². The minimum atomic E-state index is -4.16. The summed E-state index contributed by atoms with van der Waals surface area (Å²) < 4.78 is 34.3. The van der Waals surface area contributed by atoms with E-state index in [4.69, 9.17) is 0 Å². The molecule has 0 aliphatic rings. The van der Waals surface area contributed by atoms with E-state index in [9.17, 15) is 18.1 Å². The Labute approximate surface area is 210 Å². The Hall–Kier alpha value is 0.870. The summed E-state index contributed by atoms with van der Waals surface area (Å²) in [6, 6.07) is 0. The summed E-state index contributed by atoms with van der Waals surface area (Å²) in [6.45, 7) is 4.35. The largest absolute Gasteiger partial charge is 1.00 e. The molecule has 2 atom stereocenters. The molecule has 0 aliphatic heterocycles. The van der Waals surface area contributed by atoms with Crippen molar-refractivity contribution < 1.29 is 47.6 Å². The van der Waals surface area contributed by atoms with Crippen LogP contribution in [-0.2, 0) is 10.1 Å². The van der Waals surface area contributed by atoms with E-state index in [2.05, 4.69) is 13.8 Å². The van der Waals surface area contributed by atoms with Crippen molar-refractivity contribution in [2.75, 3.05) is 0 Å². The van der Waals surface area contributed by atoms with Crippen molar-refractivity contribution in [1.82, 2.24) is 0 Å². The molecule has 0 aromatic carbocycles. The van der Waals surface area contributed by atoms with Gasteiger partial charge in [-0.2, -0.15) is 0 Å². The monoisotopic (exact) mass is 456 g/mol. The zero-order chi connectivity index (χ0) is 21.8. The summed E-state index contributed by atoms with van der Waals surface area (Å²) in [5.74, 6) is 0. The van der Waals surface area contributed by atoms with Crippen LogP contribution in [-0.4, -0.2) is 29.4 Å². The summed E-state index contributed by atoms with van der Waals surface area (Å²) in [7, 11) is -4.16. The molecule has 4 nitrogen and oxygen atoms in total. The van der Waals surface area contributed by atoms with Crippen molar-refractivity contribution in [2.24, 2.45) is 0 Å². The normalized spacial score (nSPS) is 13.7. The molecular weight excluding hydrogens is 407 g/mol. The predicted molar refractivity (Wildman–Crippen MR) is 123 cm³/mol. The number of hydrogen-bond acceptors (Lipinski definition) is 4. The van der Waals surface area contributed by atoms with Gasteiger partial charge in [-0.15, -0.1) is 0 Å². The van der Waals surface area contributed by atoms with Gasteiger partial charge >= 0.3 is 29.6 Å². The van der Waals surface area contributed by atoms with Crippen LogP contribution in [0.5, 0.6) is 0 Å². The first-order chi connectivity index (χ1) is 13.9. The number of aliphatic hydroxyl groups excluding tert-OH is 1. The van der Waals surface area contributed by atoms with E-state index in [0.29, 0.717) is 12.8 Å². The molecular formula is C24H49NaO4S. The minimum Gasteiger partial charge on any atom is -0.748 e. The molecule has 1 N–H and O–H groups in total.